The number of fused-ring (bicyclic) bond motifs is 2. The minimum atomic E-state index is -2.95. The summed E-state index contributed by atoms with van der Waals surface area (Å²) in [4.78, 5) is 14.4. The molecule has 2 fully saturated rings. The third-order valence-electron chi connectivity index (χ3n) is 3.35. The van der Waals surface area contributed by atoms with Gasteiger partial charge in [-0.1, -0.05) is 11.6 Å². The molecule has 1 aromatic heterocycles. The number of sulfone groups is 1. The Kier molecular flexibility index (Phi) is 2.50. The van der Waals surface area contributed by atoms with Gasteiger partial charge in [-0.05, 0) is 18.6 Å². The van der Waals surface area contributed by atoms with E-state index in [4.69, 9.17) is 11.6 Å². The predicted molar refractivity (Wildman–Crippen MR) is 66.3 cm³/mol. The number of hydrogen-bond acceptors (Lipinski definition) is 4. The Hall–Kier alpha value is -0.590. The Labute approximate surface area is 108 Å². The molecule has 92 valence electrons. The lowest BCUT2D eigenvalue weighted by molar-refractivity contribution is 0.0751. The van der Waals surface area contributed by atoms with E-state index in [-0.39, 0.29) is 23.0 Å². The summed E-state index contributed by atoms with van der Waals surface area (Å²) in [5.74, 6) is 0.0204. The molecule has 7 heteroatoms. The summed E-state index contributed by atoms with van der Waals surface area (Å²) in [6.45, 7) is 0.335. The van der Waals surface area contributed by atoms with Gasteiger partial charge in [0.1, 0.15) is 0 Å². The van der Waals surface area contributed by atoms with Crippen LogP contribution in [0.25, 0.3) is 0 Å². The molecule has 0 saturated carbocycles. The molecule has 0 aliphatic carbocycles. The van der Waals surface area contributed by atoms with E-state index in [0.717, 1.165) is 0 Å². The zero-order valence-electron chi connectivity index (χ0n) is 8.80. The second-order valence-electron chi connectivity index (χ2n) is 4.40. The molecule has 0 spiro atoms. The Bertz CT molecular complexity index is 580. The third-order valence-corrected chi connectivity index (χ3v) is 6.78. The van der Waals surface area contributed by atoms with Crippen molar-refractivity contribution < 1.29 is 13.2 Å². The molecule has 17 heavy (non-hydrogen) atoms. The summed E-state index contributed by atoms with van der Waals surface area (Å²) in [5.41, 5.74) is 0. The predicted octanol–water partition coefficient (Wildman–Crippen LogP) is 1.41. The Morgan fingerprint density at radius 3 is 2.71 bits per heavy atom. The van der Waals surface area contributed by atoms with Crippen molar-refractivity contribution >= 4 is 38.7 Å². The van der Waals surface area contributed by atoms with E-state index in [9.17, 15) is 13.2 Å². The van der Waals surface area contributed by atoms with Gasteiger partial charge < -0.3 is 4.90 Å². The maximum Gasteiger partial charge on any atom is 0.264 e. The first-order valence-corrected chi connectivity index (χ1v) is 8.16. The maximum absolute atomic E-state index is 12.1. The molecule has 3 heterocycles. The lowest BCUT2D eigenvalue weighted by Crippen LogP contribution is -2.43. The third kappa shape index (κ3) is 1.78. The van der Waals surface area contributed by atoms with Crippen LogP contribution < -0.4 is 0 Å². The second kappa shape index (κ2) is 3.70. The van der Waals surface area contributed by atoms with Crippen LogP contribution in [0, 0.1) is 0 Å². The van der Waals surface area contributed by atoms with Crippen LogP contribution in [0.5, 0.6) is 0 Å². The van der Waals surface area contributed by atoms with E-state index < -0.39 is 9.84 Å². The van der Waals surface area contributed by atoms with E-state index in [1.165, 1.54) is 11.3 Å². The van der Waals surface area contributed by atoms with E-state index in [2.05, 4.69) is 0 Å². The highest BCUT2D eigenvalue weighted by atomic mass is 35.5. The molecule has 3 rings (SSSR count). The molecule has 2 aliphatic heterocycles. The van der Waals surface area contributed by atoms with Gasteiger partial charge in [0, 0.05) is 12.6 Å². The molecule has 4 nitrogen and oxygen atoms in total. The number of carbonyl (C=O) groups is 1. The summed E-state index contributed by atoms with van der Waals surface area (Å²) in [6, 6.07) is 3.23. The number of amides is 1. The first-order chi connectivity index (χ1) is 7.97. The highest BCUT2D eigenvalue weighted by Gasteiger charge is 2.50. The maximum atomic E-state index is 12.1. The number of likely N-dealkylation sites (tertiary alicyclic amines) is 1. The second-order valence-corrected chi connectivity index (χ2v) is 8.44. The lowest BCUT2D eigenvalue weighted by atomic mass is 10.2. The Morgan fingerprint density at radius 1 is 1.47 bits per heavy atom. The number of nitrogens with zero attached hydrogens (tertiary/aromatic N) is 1. The minimum absolute atomic E-state index is 0.0932. The van der Waals surface area contributed by atoms with Gasteiger partial charge in [-0.2, -0.15) is 0 Å². The quantitative estimate of drug-likeness (QED) is 0.786. The molecule has 1 amide bonds. The van der Waals surface area contributed by atoms with Gasteiger partial charge in [-0.15, -0.1) is 11.3 Å². The molecule has 0 radical (unpaired) electrons. The van der Waals surface area contributed by atoms with Crippen molar-refractivity contribution in [2.24, 2.45) is 0 Å². The van der Waals surface area contributed by atoms with Gasteiger partial charge >= 0.3 is 0 Å². The summed E-state index contributed by atoms with van der Waals surface area (Å²) in [5, 5.41) is -0.355. The summed E-state index contributed by atoms with van der Waals surface area (Å²) in [6.07, 6.45) is 0.590. The first kappa shape index (κ1) is 11.5. The van der Waals surface area contributed by atoms with Gasteiger partial charge in [0.05, 0.1) is 20.2 Å². The highest BCUT2D eigenvalue weighted by molar-refractivity contribution is 7.92. The van der Waals surface area contributed by atoms with E-state index in [0.29, 0.717) is 22.2 Å². The van der Waals surface area contributed by atoms with Crippen LogP contribution in [-0.4, -0.2) is 42.8 Å². The molecule has 0 unspecified atom stereocenters. The number of carbonyl (C=O) groups excluding carboxylic acids is 1. The van der Waals surface area contributed by atoms with Gasteiger partial charge in [-0.3, -0.25) is 4.79 Å². The molecule has 0 N–H and O–H groups in total. The first-order valence-electron chi connectivity index (χ1n) is 5.25. The van der Waals surface area contributed by atoms with Crippen molar-refractivity contribution in [2.45, 2.75) is 17.7 Å². The van der Waals surface area contributed by atoms with Crippen LogP contribution in [-0.2, 0) is 9.84 Å². The molecule has 2 saturated heterocycles. The molecule has 0 aromatic carbocycles. The van der Waals surface area contributed by atoms with Gasteiger partial charge in [0.2, 0.25) is 0 Å². The van der Waals surface area contributed by atoms with E-state index in [1.54, 1.807) is 17.0 Å². The largest absolute Gasteiger partial charge is 0.333 e. The van der Waals surface area contributed by atoms with Crippen LogP contribution in [0.15, 0.2) is 12.1 Å². The lowest BCUT2D eigenvalue weighted by Gasteiger charge is -2.26. The van der Waals surface area contributed by atoms with Crippen LogP contribution >= 0.6 is 22.9 Å². The van der Waals surface area contributed by atoms with Crippen molar-refractivity contribution in [3.05, 3.63) is 21.3 Å². The van der Waals surface area contributed by atoms with Crippen molar-refractivity contribution in [1.82, 2.24) is 4.90 Å². The van der Waals surface area contributed by atoms with Gasteiger partial charge in [-0.25, -0.2) is 8.42 Å². The summed E-state index contributed by atoms with van der Waals surface area (Å²) in [7, 11) is -2.95. The fraction of sp³-hybridized carbons (Fsp3) is 0.500. The molecular formula is C10H10ClNO3S2. The average Bonchev–Trinajstić information content (AvgIpc) is 2.89. The monoisotopic (exact) mass is 291 g/mol. The summed E-state index contributed by atoms with van der Waals surface area (Å²) < 4.78 is 23.7. The van der Waals surface area contributed by atoms with E-state index in [1.807, 2.05) is 0 Å². The summed E-state index contributed by atoms with van der Waals surface area (Å²) >= 11 is 7.02. The fourth-order valence-electron chi connectivity index (χ4n) is 2.52. The van der Waals surface area contributed by atoms with Crippen LogP contribution in [0.3, 0.4) is 0 Å². The minimum Gasteiger partial charge on any atom is -0.333 e. The average molecular weight is 292 g/mol. The zero-order chi connectivity index (χ0) is 12.2. The highest BCUT2D eigenvalue weighted by Crippen LogP contribution is 2.35. The number of rotatable bonds is 1. The van der Waals surface area contributed by atoms with E-state index >= 15 is 0 Å². The smallest absolute Gasteiger partial charge is 0.264 e. The number of halogens is 1. The fourth-order valence-corrected chi connectivity index (χ4v) is 5.54. The standard InChI is InChI=1S/C10H10ClNO3S2/c11-9-2-1-8(16-9)10(13)12-4-7-3-6(12)5-17(7,14)15/h1-2,6-7H,3-5H2/t6-,7+/m0/s1. The molecule has 1 aromatic rings. The Morgan fingerprint density at radius 2 is 2.24 bits per heavy atom. The Balaban J connectivity index is 1.83. The SMILES string of the molecule is O=C(c1ccc(Cl)s1)N1C[C@H]2C[C@H]1CS2(=O)=O. The topological polar surface area (TPSA) is 54.5 Å². The van der Waals surface area contributed by atoms with Crippen molar-refractivity contribution in [1.29, 1.82) is 0 Å². The molecule has 2 aliphatic rings. The van der Waals surface area contributed by atoms with Crippen LogP contribution in [0.2, 0.25) is 4.34 Å². The molecule has 2 atom stereocenters. The normalized spacial score (nSPS) is 29.8. The number of thiophene rings is 1. The van der Waals surface area contributed by atoms with Gasteiger partial charge in [0.15, 0.2) is 9.84 Å². The number of hydrogen-bond donors (Lipinski definition) is 0. The zero-order valence-corrected chi connectivity index (χ0v) is 11.2. The van der Waals surface area contributed by atoms with Crippen molar-refractivity contribution in [3.63, 3.8) is 0 Å². The van der Waals surface area contributed by atoms with Gasteiger partial charge in [0.25, 0.3) is 5.91 Å². The van der Waals surface area contributed by atoms with Crippen LogP contribution in [0.1, 0.15) is 16.1 Å². The molecular weight excluding hydrogens is 282 g/mol. The van der Waals surface area contributed by atoms with Crippen molar-refractivity contribution in [3.8, 4) is 0 Å². The molecule has 2 bridgehead atoms. The van der Waals surface area contributed by atoms with Crippen LogP contribution in [0.4, 0.5) is 0 Å². The van der Waals surface area contributed by atoms with Crippen molar-refractivity contribution in [2.75, 3.05) is 12.3 Å².